The van der Waals surface area contributed by atoms with E-state index >= 15 is 0 Å². The zero-order chi connectivity index (χ0) is 13.3. The van der Waals surface area contributed by atoms with Crippen molar-refractivity contribution in [3.8, 4) is 0 Å². The molecule has 4 atom stereocenters. The standard InChI is InChI=1S/C13H18O5/c1-7-5-10-11(18-10)6-9(7)8(13(16)17)3-2-4-12(14)15/h6-8,10-11H,2-5H2,1H3,(H,14,15)(H,16,17). The van der Waals surface area contributed by atoms with Crippen molar-refractivity contribution in [2.75, 3.05) is 0 Å². The number of carboxylic acids is 2. The number of fused-ring (bicyclic) bond motifs is 1. The lowest BCUT2D eigenvalue weighted by Crippen LogP contribution is -2.24. The Hall–Kier alpha value is -1.36. The van der Waals surface area contributed by atoms with Gasteiger partial charge in [-0.05, 0) is 25.2 Å². The minimum Gasteiger partial charge on any atom is -0.481 e. The number of carbonyl (C=O) groups is 2. The molecule has 0 spiro atoms. The second-order valence-corrected chi connectivity index (χ2v) is 5.12. The Morgan fingerprint density at radius 3 is 2.83 bits per heavy atom. The molecule has 0 amide bonds. The highest BCUT2D eigenvalue weighted by molar-refractivity contribution is 5.74. The molecule has 0 aromatic heterocycles. The smallest absolute Gasteiger partial charge is 0.310 e. The summed E-state index contributed by atoms with van der Waals surface area (Å²) in [6.45, 7) is 2.01. The van der Waals surface area contributed by atoms with Crippen LogP contribution in [0.15, 0.2) is 11.6 Å². The predicted molar refractivity (Wildman–Crippen MR) is 63.1 cm³/mol. The first-order chi connectivity index (χ1) is 8.49. The van der Waals surface area contributed by atoms with Crippen molar-refractivity contribution < 1.29 is 24.5 Å². The van der Waals surface area contributed by atoms with E-state index in [0.29, 0.717) is 12.8 Å². The van der Waals surface area contributed by atoms with Crippen molar-refractivity contribution in [3.63, 3.8) is 0 Å². The van der Waals surface area contributed by atoms with Crippen LogP contribution in [0.25, 0.3) is 0 Å². The summed E-state index contributed by atoms with van der Waals surface area (Å²) in [5.74, 6) is -2.10. The highest BCUT2D eigenvalue weighted by atomic mass is 16.6. The molecule has 1 aliphatic carbocycles. The summed E-state index contributed by atoms with van der Waals surface area (Å²) in [4.78, 5) is 21.8. The van der Waals surface area contributed by atoms with Gasteiger partial charge in [0.2, 0.25) is 0 Å². The third-order valence-corrected chi connectivity index (χ3v) is 3.72. The SMILES string of the molecule is CC1CC2OC2C=C1C(CCCC(=O)O)C(=O)O. The van der Waals surface area contributed by atoms with Crippen LogP contribution in [0.3, 0.4) is 0 Å². The molecule has 1 saturated heterocycles. The van der Waals surface area contributed by atoms with E-state index in [4.69, 9.17) is 9.84 Å². The molecule has 2 rings (SSSR count). The van der Waals surface area contributed by atoms with Crippen molar-refractivity contribution >= 4 is 11.9 Å². The van der Waals surface area contributed by atoms with Crippen LogP contribution in [0.4, 0.5) is 0 Å². The van der Waals surface area contributed by atoms with Gasteiger partial charge in [-0.3, -0.25) is 9.59 Å². The van der Waals surface area contributed by atoms with Crippen LogP contribution in [-0.2, 0) is 14.3 Å². The van der Waals surface area contributed by atoms with Crippen molar-refractivity contribution in [1.29, 1.82) is 0 Å². The monoisotopic (exact) mass is 254 g/mol. The lowest BCUT2D eigenvalue weighted by Gasteiger charge is -2.24. The average Bonchev–Trinajstić information content (AvgIpc) is 3.00. The van der Waals surface area contributed by atoms with Gasteiger partial charge in [0.15, 0.2) is 0 Å². The van der Waals surface area contributed by atoms with Gasteiger partial charge >= 0.3 is 11.9 Å². The second kappa shape index (κ2) is 5.10. The van der Waals surface area contributed by atoms with E-state index in [0.717, 1.165) is 12.0 Å². The Morgan fingerprint density at radius 2 is 2.22 bits per heavy atom. The van der Waals surface area contributed by atoms with Crippen molar-refractivity contribution in [2.45, 2.75) is 44.8 Å². The highest BCUT2D eigenvalue weighted by Gasteiger charge is 2.44. The van der Waals surface area contributed by atoms with Crippen molar-refractivity contribution in [1.82, 2.24) is 0 Å². The zero-order valence-electron chi connectivity index (χ0n) is 10.3. The first-order valence-corrected chi connectivity index (χ1v) is 6.30. The number of ether oxygens (including phenoxy) is 1. The molecule has 2 aliphatic rings. The van der Waals surface area contributed by atoms with E-state index < -0.39 is 17.9 Å². The molecule has 4 unspecified atom stereocenters. The average molecular weight is 254 g/mol. The fraction of sp³-hybridized carbons (Fsp3) is 0.692. The van der Waals surface area contributed by atoms with Gasteiger partial charge in [0.1, 0.15) is 6.10 Å². The largest absolute Gasteiger partial charge is 0.481 e. The molecule has 0 radical (unpaired) electrons. The van der Waals surface area contributed by atoms with Gasteiger partial charge < -0.3 is 14.9 Å². The van der Waals surface area contributed by atoms with Gasteiger partial charge in [0, 0.05) is 6.42 Å². The molecule has 0 aromatic carbocycles. The van der Waals surface area contributed by atoms with Crippen LogP contribution in [0.1, 0.15) is 32.6 Å². The summed E-state index contributed by atoms with van der Waals surface area (Å²) >= 11 is 0. The fourth-order valence-corrected chi connectivity index (χ4v) is 2.68. The Morgan fingerprint density at radius 1 is 1.50 bits per heavy atom. The maximum absolute atomic E-state index is 11.3. The molecule has 0 saturated carbocycles. The summed E-state index contributed by atoms with van der Waals surface area (Å²) in [5.41, 5.74) is 0.909. The number of rotatable bonds is 6. The molecule has 100 valence electrons. The fourth-order valence-electron chi connectivity index (χ4n) is 2.68. The third-order valence-electron chi connectivity index (χ3n) is 3.72. The summed E-state index contributed by atoms with van der Waals surface area (Å²) in [6, 6.07) is 0. The van der Waals surface area contributed by atoms with Crippen molar-refractivity contribution in [3.05, 3.63) is 11.6 Å². The van der Waals surface area contributed by atoms with Gasteiger partial charge in [-0.25, -0.2) is 0 Å². The number of epoxide rings is 1. The molecule has 1 fully saturated rings. The molecule has 5 heteroatoms. The van der Waals surface area contributed by atoms with Crippen molar-refractivity contribution in [2.24, 2.45) is 11.8 Å². The summed E-state index contributed by atoms with van der Waals surface area (Å²) in [5, 5.41) is 17.9. The molecule has 2 N–H and O–H groups in total. The normalized spacial score (nSPS) is 31.2. The molecular formula is C13H18O5. The molecular weight excluding hydrogens is 236 g/mol. The van der Waals surface area contributed by atoms with Crippen LogP contribution in [0, 0.1) is 11.8 Å². The minimum absolute atomic E-state index is 0.0218. The van der Waals surface area contributed by atoms with Gasteiger partial charge in [-0.1, -0.05) is 18.6 Å². The van der Waals surface area contributed by atoms with E-state index in [1.54, 1.807) is 0 Å². The molecule has 18 heavy (non-hydrogen) atoms. The van der Waals surface area contributed by atoms with E-state index in [9.17, 15) is 14.7 Å². The topological polar surface area (TPSA) is 87.1 Å². The maximum Gasteiger partial charge on any atom is 0.310 e. The van der Waals surface area contributed by atoms with Crippen LogP contribution < -0.4 is 0 Å². The van der Waals surface area contributed by atoms with Crippen LogP contribution >= 0.6 is 0 Å². The first kappa shape index (κ1) is 13.1. The third kappa shape index (κ3) is 2.90. The zero-order valence-corrected chi connectivity index (χ0v) is 10.3. The van der Waals surface area contributed by atoms with Crippen LogP contribution in [0.5, 0.6) is 0 Å². The van der Waals surface area contributed by atoms with Gasteiger partial charge in [-0.15, -0.1) is 0 Å². The summed E-state index contributed by atoms with van der Waals surface area (Å²) in [7, 11) is 0. The van der Waals surface area contributed by atoms with Crippen LogP contribution in [0.2, 0.25) is 0 Å². The minimum atomic E-state index is -0.879. The summed E-state index contributed by atoms with van der Waals surface area (Å²) in [6.07, 6.45) is 3.97. The van der Waals surface area contributed by atoms with Crippen LogP contribution in [-0.4, -0.2) is 34.4 Å². The molecule has 0 aromatic rings. The molecule has 1 aliphatic heterocycles. The lowest BCUT2D eigenvalue weighted by molar-refractivity contribution is -0.142. The van der Waals surface area contributed by atoms with Gasteiger partial charge in [-0.2, -0.15) is 0 Å². The summed E-state index contributed by atoms with van der Waals surface area (Å²) < 4.78 is 5.39. The Labute approximate surface area is 105 Å². The lowest BCUT2D eigenvalue weighted by atomic mass is 9.79. The molecule has 0 bridgehead atoms. The van der Waals surface area contributed by atoms with E-state index in [1.807, 2.05) is 13.0 Å². The first-order valence-electron chi connectivity index (χ1n) is 6.30. The van der Waals surface area contributed by atoms with E-state index in [2.05, 4.69) is 0 Å². The predicted octanol–water partition coefficient (Wildman–Crippen LogP) is 1.68. The molecule has 5 nitrogen and oxygen atoms in total. The second-order valence-electron chi connectivity index (χ2n) is 5.12. The van der Waals surface area contributed by atoms with E-state index in [1.165, 1.54) is 0 Å². The highest BCUT2D eigenvalue weighted by Crippen LogP contribution is 2.41. The van der Waals surface area contributed by atoms with E-state index in [-0.39, 0.29) is 24.5 Å². The molecule has 1 heterocycles. The van der Waals surface area contributed by atoms with Gasteiger partial charge in [0.05, 0.1) is 12.0 Å². The quantitative estimate of drug-likeness (QED) is 0.556. The number of carboxylic acid groups (broad SMARTS) is 2. The number of hydrogen-bond acceptors (Lipinski definition) is 3. The van der Waals surface area contributed by atoms with Gasteiger partial charge in [0.25, 0.3) is 0 Å². The maximum atomic E-state index is 11.3. The number of hydrogen-bond donors (Lipinski definition) is 2. The Kier molecular flexibility index (Phi) is 3.71. The Bertz CT molecular complexity index is 387. The Balaban J connectivity index is 2.00. The number of aliphatic carboxylic acids is 2.